The molecule has 18 heavy (non-hydrogen) atoms. The molecule has 0 spiro atoms. The van der Waals surface area contributed by atoms with Gasteiger partial charge in [-0.1, -0.05) is 22.8 Å². The van der Waals surface area contributed by atoms with Crippen molar-refractivity contribution in [3.63, 3.8) is 0 Å². The predicted octanol–water partition coefficient (Wildman–Crippen LogP) is 3.30. The van der Waals surface area contributed by atoms with Crippen LogP contribution in [-0.2, 0) is 0 Å². The maximum atomic E-state index is 13.4. The van der Waals surface area contributed by atoms with Gasteiger partial charge >= 0.3 is 0 Å². The van der Waals surface area contributed by atoms with E-state index in [1.807, 2.05) is 0 Å². The van der Waals surface area contributed by atoms with Gasteiger partial charge in [0.05, 0.1) is 10.6 Å². The summed E-state index contributed by atoms with van der Waals surface area (Å²) in [7, 11) is 0. The Morgan fingerprint density at radius 2 is 2.28 bits per heavy atom. The Morgan fingerprint density at radius 3 is 2.94 bits per heavy atom. The van der Waals surface area contributed by atoms with Crippen molar-refractivity contribution in [2.75, 3.05) is 13.1 Å². The molecular weight excluding hydrogens is 259 g/mol. The van der Waals surface area contributed by atoms with Crippen LogP contribution < -0.4 is 5.32 Å². The number of benzene rings is 1. The Balaban J connectivity index is 2.43. The summed E-state index contributed by atoms with van der Waals surface area (Å²) in [5.74, 6) is -1.18. The minimum Gasteiger partial charge on any atom is -0.352 e. The summed E-state index contributed by atoms with van der Waals surface area (Å²) in [4.78, 5) is 14.3. The maximum Gasteiger partial charge on any atom is 0.255 e. The van der Waals surface area contributed by atoms with Gasteiger partial charge in [0.2, 0.25) is 0 Å². The van der Waals surface area contributed by atoms with Gasteiger partial charge in [0.25, 0.3) is 5.91 Å². The number of rotatable bonds is 6. The summed E-state index contributed by atoms with van der Waals surface area (Å²) in [5.41, 5.74) is 7.91. The zero-order chi connectivity index (χ0) is 13.4. The number of amides is 1. The van der Waals surface area contributed by atoms with Gasteiger partial charge in [-0.25, -0.2) is 4.39 Å². The van der Waals surface area contributed by atoms with Crippen molar-refractivity contribution in [3.05, 3.63) is 45.0 Å². The van der Waals surface area contributed by atoms with Crippen LogP contribution in [-0.4, -0.2) is 19.0 Å². The minimum atomic E-state index is -0.644. The van der Waals surface area contributed by atoms with Crippen LogP contribution in [0, 0.1) is 5.82 Å². The fourth-order valence-electron chi connectivity index (χ4n) is 1.36. The molecule has 1 N–H and O–H groups in total. The highest BCUT2D eigenvalue weighted by Gasteiger charge is 2.14. The van der Waals surface area contributed by atoms with Gasteiger partial charge in [-0.15, -0.1) is 0 Å². The number of carbonyl (C=O) groups excluding carboxylic acids is 1. The van der Waals surface area contributed by atoms with Gasteiger partial charge in [-0.3, -0.25) is 4.79 Å². The first-order valence-corrected chi connectivity index (χ1v) is 5.77. The SMILES string of the molecule is [N-]=[N+]=NCCCCNC(=O)c1c(F)cccc1Cl. The highest BCUT2D eigenvalue weighted by atomic mass is 35.5. The first kappa shape index (κ1) is 14.3. The lowest BCUT2D eigenvalue weighted by Gasteiger charge is -2.07. The Morgan fingerprint density at radius 1 is 1.50 bits per heavy atom. The van der Waals surface area contributed by atoms with Gasteiger partial charge < -0.3 is 5.32 Å². The third kappa shape index (κ3) is 4.24. The fraction of sp³-hybridized carbons (Fsp3) is 0.364. The molecule has 0 saturated heterocycles. The molecule has 1 aromatic rings. The van der Waals surface area contributed by atoms with E-state index in [-0.39, 0.29) is 10.6 Å². The van der Waals surface area contributed by atoms with Crippen LogP contribution in [0.2, 0.25) is 5.02 Å². The molecule has 1 rings (SSSR count). The molecule has 0 aliphatic rings. The first-order valence-electron chi connectivity index (χ1n) is 5.40. The quantitative estimate of drug-likeness (QED) is 0.366. The third-order valence-electron chi connectivity index (χ3n) is 2.22. The molecule has 1 amide bonds. The molecule has 0 saturated carbocycles. The molecule has 0 fully saturated rings. The number of carbonyl (C=O) groups is 1. The van der Waals surface area contributed by atoms with Crippen LogP contribution in [0.1, 0.15) is 23.2 Å². The third-order valence-corrected chi connectivity index (χ3v) is 2.54. The van der Waals surface area contributed by atoms with E-state index in [1.165, 1.54) is 18.2 Å². The van der Waals surface area contributed by atoms with E-state index in [4.69, 9.17) is 17.1 Å². The average molecular weight is 271 g/mol. The zero-order valence-electron chi connectivity index (χ0n) is 9.57. The van der Waals surface area contributed by atoms with Crippen LogP contribution in [0.15, 0.2) is 23.3 Å². The predicted molar refractivity (Wildman–Crippen MR) is 67.0 cm³/mol. The molecule has 7 heteroatoms. The van der Waals surface area contributed by atoms with Crippen molar-refractivity contribution >= 4 is 17.5 Å². The average Bonchev–Trinajstić information content (AvgIpc) is 2.33. The Hall–Kier alpha value is -1.78. The summed E-state index contributed by atoms with van der Waals surface area (Å²) < 4.78 is 13.4. The number of hydrogen-bond acceptors (Lipinski definition) is 2. The van der Waals surface area contributed by atoms with E-state index < -0.39 is 11.7 Å². The molecular formula is C11H12ClFN4O. The van der Waals surface area contributed by atoms with E-state index in [2.05, 4.69) is 15.3 Å². The van der Waals surface area contributed by atoms with Crippen LogP contribution in [0.25, 0.3) is 10.4 Å². The molecule has 0 atom stereocenters. The number of nitrogens with one attached hydrogen (secondary N) is 1. The number of halogens is 2. The molecule has 0 unspecified atom stereocenters. The standard InChI is InChI=1S/C11H12ClFN4O/c12-8-4-3-5-9(13)10(8)11(18)15-6-1-2-7-16-17-14/h3-5H,1-2,6-7H2,(H,15,18). The highest BCUT2D eigenvalue weighted by molar-refractivity contribution is 6.33. The van der Waals surface area contributed by atoms with Crippen molar-refractivity contribution in [1.82, 2.24) is 5.32 Å². The van der Waals surface area contributed by atoms with E-state index >= 15 is 0 Å². The van der Waals surface area contributed by atoms with Gasteiger partial charge in [0, 0.05) is 18.0 Å². The Kier molecular flexibility index (Phi) is 5.97. The molecule has 0 radical (unpaired) electrons. The molecule has 0 aromatic heterocycles. The Bertz CT molecular complexity index is 454. The normalized spacial score (nSPS) is 9.67. The Labute approximate surface area is 109 Å². The van der Waals surface area contributed by atoms with E-state index in [9.17, 15) is 9.18 Å². The lowest BCUT2D eigenvalue weighted by Crippen LogP contribution is -2.25. The van der Waals surface area contributed by atoms with E-state index in [1.54, 1.807) is 0 Å². The second kappa shape index (κ2) is 7.53. The van der Waals surface area contributed by atoms with E-state index in [0.29, 0.717) is 25.9 Å². The van der Waals surface area contributed by atoms with E-state index in [0.717, 1.165) is 0 Å². The largest absolute Gasteiger partial charge is 0.352 e. The second-order valence-corrected chi connectivity index (χ2v) is 3.92. The topological polar surface area (TPSA) is 77.9 Å². The zero-order valence-corrected chi connectivity index (χ0v) is 10.3. The monoisotopic (exact) mass is 270 g/mol. The fourth-order valence-corrected chi connectivity index (χ4v) is 1.61. The smallest absolute Gasteiger partial charge is 0.255 e. The summed E-state index contributed by atoms with van der Waals surface area (Å²) in [6.07, 6.45) is 1.31. The van der Waals surface area contributed by atoms with Crippen LogP contribution in [0.4, 0.5) is 4.39 Å². The molecule has 1 aromatic carbocycles. The van der Waals surface area contributed by atoms with Crippen molar-refractivity contribution in [3.8, 4) is 0 Å². The molecule has 96 valence electrons. The summed E-state index contributed by atoms with van der Waals surface area (Å²) in [6, 6.07) is 4.08. The van der Waals surface area contributed by atoms with Crippen LogP contribution in [0.3, 0.4) is 0 Å². The molecule has 0 heterocycles. The van der Waals surface area contributed by atoms with Crippen molar-refractivity contribution in [1.29, 1.82) is 0 Å². The van der Waals surface area contributed by atoms with Gasteiger partial charge in [0.15, 0.2) is 0 Å². The summed E-state index contributed by atoms with van der Waals surface area (Å²) in [6.45, 7) is 0.761. The molecule has 5 nitrogen and oxygen atoms in total. The van der Waals surface area contributed by atoms with Crippen LogP contribution >= 0.6 is 11.6 Å². The molecule has 0 aliphatic carbocycles. The number of nitrogens with zero attached hydrogens (tertiary/aromatic N) is 3. The van der Waals surface area contributed by atoms with Crippen molar-refractivity contribution in [2.24, 2.45) is 5.11 Å². The van der Waals surface area contributed by atoms with Gasteiger partial charge in [0.1, 0.15) is 5.82 Å². The van der Waals surface area contributed by atoms with Gasteiger partial charge in [-0.05, 0) is 30.5 Å². The maximum absolute atomic E-state index is 13.4. The lowest BCUT2D eigenvalue weighted by molar-refractivity contribution is 0.0949. The van der Waals surface area contributed by atoms with Crippen molar-refractivity contribution in [2.45, 2.75) is 12.8 Å². The van der Waals surface area contributed by atoms with Crippen molar-refractivity contribution < 1.29 is 9.18 Å². The molecule has 0 aliphatic heterocycles. The second-order valence-electron chi connectivity index (χ2n) is 3.51. The first-order chi connectivity index (χ1) is 8.66. The number of unbranched alkanes of at least 4 members (excludes halogenated alkanes) is 1. The molecule has 0 bridgehead atoms. The van der Waals surface area contributed by atoms with Gasteiger partial charge in [-0.2, -0.15) is 0 Å². The lowest BCUT2D eigenvalue weighted by atomic mass is 10.2. The van der Waals surface area contributed by atoms with Crippen LogP contribution in [0.5, 0.6) is 0 Å². The number of azide groups is 1. The summed E-state index contributed by atoms with van der Waals surface area (Å²) >= 11 is 5.75. The summed E-state index contributed by atoms with van der Waals surface area (Å²) in [5, 5.41) is 6.01. The highest BCUT2D eigenvalue weighted by Crippen LogP contribution is 2.18. The number of hydrogen-bond donors (Lipinski definition) is 1. The minimum absolute atomic E-state index is 0.0848.